The first-order valence-electron chi connectivity index (χ1n) is 7.33. The fourth-order valence-electron chi connectivity index (χ4n) is 2.52. The fraction of sp³-hybridized carbons (Fsp3) is 1.00. The topological polar surface area (TPSA) is 69.9 Å². The maximum absolute atomic E-state index is 9.75. The van der Waals surface area contributed by atoms with E-state index >= 15 is 0 Å². The smallest absolute Gasteiger partial charge is 0.111 e. The van der Waals surface area contributed by atoms with Crippen molar-refractivity contribution in [3.05, 3.63) is 0 Å². The van der Waals surface area contributed by atoms with E-state index < -0.39 is 18.3 Å². The number of aliphatic hydroxyl groups is 3. The van der Waals surface area contributed by atoms with Crippen LogP contribution in [0.4, 0.5) is 0 Å². The molecule has 108 valence electrons. The van der Waals surface area contributed by atoms with E-state index in [1.54, 1.807) is 0 Å². The van der Waals surface area contributed by atoms with Crippen LogP contribution in [-0.4, -0.2) is 46.3 Å². The predicted molar refractivity (Wildman–Crippen MR) is 70.4 cm³/mol. The Kier molecular flexibility index (Phi) is 7.82. The third-order valence-electron chi connectivity index (χ3n) is 3.73. The molecule has 1 saturated heterocycles. The molecule has 1 unspecified atom stereocenters. The van der Waals surface area contributed by atoms with Gasteiger partial charge in [0.2, 0.25) is 0 Å². The van der Waals surface area contributed by atoms with Crippen LogP contribution in [0.25, 0.3) is 0 Å². The second kappa shape index (κ2) is 8.86. The molecule has 0 radical (unpaired) electrons. The molecular formula is C14H28O4. The number of unbranched alkanes of at least 4 members (excludes halogenated alkanes) is 6. The maximum Gasteiger partial charge on any atom is 0.111 e. The Morgan fingerprint density at radius 2 is 1.39 bits per heavy atom. The third kappa shape index (κ3) is 4.84. The highest BCUT2D eigenvalue weighted by molar-refractivity contribution is 4.89. The minimum atomic E-state index is -0.940. The van der Waals surface area contributed by atoms with Crippen LogP contribution in [0.5, 0.6) is 0 Å². The molecule has 0 amide bonds. The zero-order valence-corrected chi connectivity index (χ0v) is 11.4. The van der Waals surface area contributed by atoms with E-state index in [4.69, 9.17) is 9.84 Å². The van der Waals surface area contributed by atoms with Gasteiger partial charge in [0.05, 0.1) is 12.7 Å². The van der Waals surface area contributed by atoms with Gasteiger partial charge in [0.1, 0.15) is 18.3 Å². The van der Waals surface area contributed by atoms with E-state index in [1.807, 2.05) is 0 Å². The summed E-state index contributed by atoms with van der Waals surface area (Å²) in [6, 6.07) is 0. The third-order valence-corrected chi connectivity index (χ3v) is 3.73. The average Bonchev–Trinajstić information content (AvgIpc) is 2.65. The first-order chi connectivity index (χ1) is 8.70. The summed E-state index contributed by atoms with van der Waals surface area (Å²) in [5.41, 5.74) is 0. The fourth-order valence-corrected chi connectivity index (χ4v) is 2.52. The van der Waals surface area contributed by atoms with Crippen LogP contribution in [-0.2, 0) is 4.74 Å². The van der Waals surface area contributed by atoms with Crippen molar-refractivity contribution in [1.29, 1.82) is 0 Å². The summed E-state index contributed by atoms with van der Waals surface area (Å²) in [4.78, 5) is 0. The Balaban J connectivity index is 2.05. The van der Waals surface area contributed by atoms with Crippen LogP contribution >= 0.6 is 0 Å². The summed E-state index contributed by atoms with van der Waals surface area (Å²) in [5.74, 6) is 0. The van der Waals surface area contributed by atoms with Crippen LogP contribution < -0.4 is 0 Å². The Morgan fingerprint density at radius 3 is 1.94 bits per heavy atom. The molecule has 1 aliphatic heterocycles. The van der Waals surface area contributed by atoms with Crippen LogP contribution in [0, 0.1) is 0 Å². The van der Waals surface area contributed by atoms with E-state index in [-0.39, 0.29) is 12.7 Å². The molecule has 18 heavy (non-hydrogen) atoms. The van der Waals surface area contributed by atoms with Crippen molar-refractivity contribution in [1.82, 2.24) is 0 Å². The minimum absolute atomic E-state index is 0.230. The number of rotatable bonds is 9. The molecule has 4 atom stereocenters. The summed E-state index contributed by atoms with van der Waals surface area (Å²) in [7, 11) is 0. The van der Waals surface area contributed by atoms with Crippen molar-refractivity contribution >= 4 is 0 Å². The van der Waals surface area contributed by atoms with Crippen molar-refractivity contribution in [2.75, 3.05) is 6.61 Å². The Labute approximate surface area is 110 Å². The molecule has 1 rings (SSSR count). The molecular weight excluding hydrogens is 232 g/mol. The highest BCUT2D eigenvalue weighted by Gasteiger charge is 2.41. The first kappa shape index (κ1) is 15.9. The van der Waals surface area contributed by atoms with E-state index in [1.165, 1.54) is 32.1 Å². The van der Waals surface area contributed by atoms with Gasteiger partial charge in [-0.25, -0.2) is 0 Å². The van der Waals surface area contributed by atoms with Crippen molar-refractivity contribution in [3.8, 4) is 0 Å². The maximum atomic E-state index is 9.75. The van der Waals surface area contributed by atoms with Gasteiger partial charge >= 0.3 is 0 Å². The second-order valence-corrected chi connectivity index (χ2v) is 5.29. The molecule has 0 aromatic carbocycles. The van der Waals surface area contributed by atoms with Crippen molar-refractivity contribution in [3.63, 3.8) is 0 Å². The van der Waals surface area contributed by atoms with Crippen LogP contribution in [0.2, 0.25) is 0 Å². The minimum Gasteiger partial charge on any atom is -0.394 e. The number of hydrogen-bond acceptors (Lipinski definition) is 4. The zero-order chi connectivity index (χ0) is 13.4. The lowest BCUT2D eigenvalue weighted by Gasteiger charge is -2.14. The summed E-state index contributed by atoms with van der Waals surface area (Å²) < 4.78 is 5.43. The van der Waals surface area contributed by atoms with Crippen LogP contribution in [0.3, 0.4) is 0 Å². The molecule has 0 aromatic rings. The van der Waals surface area contributed by atoms with Crippen molar-refractivity contribution in [2.45, 2.75) is 82.7 Å². The molecule has 4 heteroatoms. The van der Waals surface area contributed by atoms with Gasteiger partial charge in [-0.05, 0) is 6.42 Å². The van der Waals surface area contributed by atoms with Gasteiger partial charge in [-0.2, -0.15) is 0 Å². The highest BCUT2D eigenvalue weighted by Crippen LogP contribution is 2.25. The molecule has 0 aromatic heterocycles. The van der Waals surface area contributed by atoms with Gasteiger partial charge in [-0.3, -0.25) is 0 Å². The number of hydrogen-bond donors (Lipinski definition) is 3. The van der Waals surface area contributed by atoms with E-state index in [2.05, 4.69) is 6.92 Å². The lowest BCUT2D eigenvalue weighted by Crippen LogP contribution is -2.33. The molecule has 0 aliphatic carbocycles. The first-order valence-corrected chi connectivity index (χ1v) is 7.33. The van der Waals surface area contributed by atoms with Crippen molar-refractivity contribution in [2.24, 2.45) is 0 Å². The molecule has 1 heterocycles. The van der Waals surface area contributed by atoms with Gasteiger partial charge < -0.3 is 20.1 Å². The lowest BCUT2D eigenvalue weighted by atomic mass is 10.0. The van der Waals surface area contributed by atoms with Crippen LogP contribution in [0.1, 0.15) is 58.3 Å². The molecule has 0 spiro atoms. The summed E-state index contributed by atoms with van der Waals surface area (Å²) in [6.07, 6.45) is 6.62. The van der Waals surface area contributed by atoms with E-state index in [9.17, 15) is 10.2 Å². The normalized spacial score (nSPS) is 32.0. The molecule has 1 fully saturated rings. The summed E-state index contributed by atoms with van der Waals surface area (Å²) in [6.45, 7) is 1.98. The predicted octanol–water partition coefficient (Wildman–Crippen LogP) is 1.61. The second-order valence-electron chi connectivity index (χ2n) is 5.29. The van der Waals surface area contributed by atoms with Gasteiger partial charge in [0, 0.05) is 0 Å². The Morgan fingerprint density at radius 1 is 0.833 bits per heavy atom. The largest absolute Gasteiger partial charge is 0.394 e. The van der Waals surface area contributed by atoms with Gasteiger partial charge in [-0.1, -0.05) is 51.9 Å². The quantitative estimate of drug-likeness (QED) is 0.551. The summed E-state index contributed by atoms with van der Waals surface area (Å²) in [5, 5.41) is 28.3. The standard InChI is InChI=1S/C14H28O4/c1-2-3-4-5-6-7-8-9-11-13(16)14(17)12(10-15)18-11/h11-17H,2-10H2,1H3/t11?,12-,13+,14-/m1/s1. The average molecular weight is 260 g/mol. The van der Waals surface area contributed by atoms with Crippen molar-refractivity contribution < 1.29 is 20.1 Å². The molecule has 1 aliphatic rings. The highest BCUT2D eigenvalue weighted by atomic mass is 16.6. The number of aliphatic hydroxyl groups excluding tert-OH is 3. The molecule has 0 saturated carbocycles. The molecule has 4 nitrogen and oxygen atoms in total. The van der Waals surface area contributed by atoms with E-state index in [0.717, 1.165) is 19.3 Å². The summed E-state index contributed by atoms with van der Waals surface area (Å²) >= 11 is 0. The van der Waals surface area contributed by atoms with Gasteiger partial charge in [0.25, 0.3) is 0 Å². The van der Waals surface area contributed by atoms with E-state index in [0.29, 0.717) is 0 Å². The molecule has 0 bridgehead atoms. The molecule has 3 N–H and O–H groups in total. The Bertz CT molecular complexity index is 210. The Hall–Kier alpha value is -0.160. The zero-order valence-electron chi connectivity index (χ0n) is 11.4. The number of ether oxygens (including phenoxy) is 1. The van der Waals surface area contributed by atoms with Crippen LogP contribution in [0.15, 0.2) is 0 Å². The van der Waals surface area contributed by atoms with Gasteiger partial charge in [0.15, 0.2) is 0 Å². The lowest BCUT2D eigenvalue weighted by molar-refractivity contribution is -0.0246. The SMILES string of the molecule is CCCCCCCCCC1O[C@H](CO)[C@@H](O)[C@H]1O. The monoisotopic (exact) mass is 260 g/mol. The van der Waals surface area contributed by atoms with Gasteiger partial charge in [-0.15, -0.1) is 0 Å².